The Bertz CT molecular complexity index is 1330. The molecule has 1 atom stereocenters. The Kier molecular flexibility index (Phi) is 7.24. The van der Waals surface area contributed by atoms with Crippen molar-refractivity contribution in [2.45, 2.75) is 39.8 Å². The second-order valence-corrected chi connectivity index (χ2v) is 8.78. The number of anilines is 1. The number of nitrogens with zero attached hydrogens (tertiary/aromatic N) is 4. The summed E-state index contributed by atoms with van der Waals surface area (Å²) in [5.41, 5.74) is 1.25. The molecule has 0 spiro atoms. The number of hydrogen-bond acceptors (Lipinski definition) is 5. The summed E-state index contributed by atoms with van der Waals surface area (Å²) in [5, 5.41) is 11.1. The van der Waals surface area contributed by atoms with Crippen molar-refractivity contribution in [3.05, 3.63) is 78.0 Å². The van der Waals surface area contributed by atoms with Crippen LogP contribution in [-0.2, 0) is 16.1 Å². The highest BCUT2D eigenvalue weighted by Crippen LogP contribution is 2.31. The Hall–Kier alpha value is -4.01. The molecular formula is C26H28FN5O3. The average molecular weight is 478 g/mol. The predicted molar refractivity (Wildman–Crippen MR) is 130 cm³/mol. The Morgan fingerprint density at radius 3 is 2.54 bits per heavy atom. The number of halogens is 1. The van der Waals surface area contributed by atoms with Gasteiger partial charge in [-0.3, -0.25) is 14.5 Å². The molecule has 9 heteroatoms. The van der Waals surface area contributed by atoms with E-state index < -0.39 is 23.7 Å². The van der Waals surface area contributed by atoms with Gasteiger partial charge in [-0.25, -0.2) is 9.07 Å². The number of aromatic nitrogens is 3. The molecule has 2 heterocycles. The summed E-state index contributed by atoms with van der Waals surface area (Å²) in [6, 6.07) is 15.2. The van der Waals surface area contributed by atoms with Gasteiger partial charge in [0.25, 0.3) is 5.91 Å². The first-order valence-corrected chi connectivity index (χ1v) is 11.5. The lowest BCUT2D eigenvalue weighted by atomic mass is 10.1. The number of fused-ring (bicyclic) bond motifs is 1. The van der Waals surface area contributed by atoms with Gasteiger partial charge in [0, 0.05) is 6.54 Å². The fourth-order valence-corrected chi connectivity index (χ4v) is 3.86. The molecule has 2 amide bonds. The van der Waals surface area contributed by atoms with Crippen molar-refractivity contribution in [1.29, 1.82) is 0 Å². The van der Waals surface area contributed by atoms with Gasteiger partial charge in [-0.05, 0) is 55.7 Å². The van der Waals surface area contributed by atoms with Crippen LogP contribution >= 0.6 is 0 Å². The van der Waals surface area contributed by atoms with E-state index in [0.717, 1.165) is 11.3 Å². The van der Waals surface area contributed by atoms with E-state index >= 15 is 4.39 Å². The number of benzene rings is 2. The van der Waals surface area contributed by atoms with E-state index in [0.29, 0.717) is 29.3 Å². The molecule has 0 aliphatic rings. The molecule has 35 heavy (non-hydrogen) atoms. The van der Waals surface area contributed by atoms with Crippen molar-refractivity contribution >= 4 is 28.5 Å². The molecule has 4 rings (SSSR count). The predicted octanol–water partition coefficient (Wildman–Crippen LogP) is 4.41. The van der Waals surface area contributed by atoms with E-state index in [1.54, 1.807) is 37.3 Å². The van der Waals surface area contributed by atoms with E-state index in [1.807, 2.05) is 12.1 Å². The number of para-hydroxylation sites is 2. The van der Waals surface area contributed by atoms with Crippen molar-refractivity contribution in [1.82, 2.24) is 20.3 Å². The van der Waals surface area contributed by atoms with Crippen LogP contribution in [0.5, 0.6) is 0 Å². The Balaban J connectivity index is 1.75. The van der Waals surface area contributed by atoms with Crippen molar-refractivity contribution < 1.29 is 18.4 Å². The lowest BCUT2D eigenvalue weighted by molar-refractivity contribution is -0.127. The molecule has 1 N–H and O–H groups in total. The number of carbonyl (C=O) groups excluding carboxylic acids is 2. The number of aryl methyl sites for hydroxylation is 1. The van der Waals surface area contributed by atoms with E-state index in [2.05, 4.69) is 29.5 Å². The van der Waals surface area contributed by atoms with Crippen LogP contribution in [0.15, 0.2) is 65.1 Å². The lowest BCUT2D eigenvalue weighted by Gasteiger charge is -2.30. The Morgan fingerprint density at radius 2 is 1.83 bits per heavy atom. The first kappa shape index (κ1) is 24.1. The fourth-order valence-electron chi connectivity index (χ4n) is 3.86. The Labute approximate surface area is 202 Å². The Morgan fingerprint density at radius 1 is 1.09 bits per heavy atom. The molecule has 0 fully saturated rings. The topological polar surface area (TPSA) is 93.3 Å². The van der Waals surface area contributed by atoms with Crippen LogP contribution in [-0.4, -0.2) is 33.4 Å². The summed E-state index contributed by atoms with van der Waals surface area (Å²) in [5.74, 6) is -0.436. The van der Waals surface area contributed by atoms with Gasteiger partial charge in [0.15, 0.2) is 6.04 Å². The molecule has 1 unspecified atom stereocenters. The molecule has 0 bridgehead atoms. The summed E-state index contributed by atoms with van der Waals surface area (Å²) < 4.78 is 22.3. The largest absolute Gasteiger partial charge is 0.464 e. The van der Waals surface area contributed by atoms with Crippen molar-refractivity contribution in [2.24, 2.45) is 5.92 Å². The van der Waals surface area contributed by atoms with E-state index in [4.69, 9.17) is 4.42 Å². The monoisotopic (exact) mass is 477 g/mol. The molecule has 0 radical (unpaired) electrons. The highest BCUT2D eigenvalue weighted by atomic mass is 19.1. The zero-order chi connectivity index (χ0) is 24.9. The van der Waals surface area contributed by atoms with Gasteiger partial charge in [-0.1, -0.05) is 43.3 Å². The zero-order valence-corrected chi connectivity index (χ0v) is 19.9. The standard InChI is InChI=1S/C26H28FN5O3/c1-17(2)14-15-28-26(34)25(23-13-12-18(3)35-23)32(21-10-6-4-8-19(21)27)24(33)16-31-22-11-7-5-9-20(22)29-30-31/h4-13,17,25H,14-16H2,1-3H3,(H,28,34). The zero-order valence-electron chi connectivity index (χ0n) is 19.9. The first-order chi connectivity index (χ1) is 16.8. The molecule has 0 aliphatic carbocycles. The normalized spacial score (nSPS) is 12.1. The van der Waals surface area contributed by atoms with Gasteiger partial charge in [-0.15, -0.1) is 5.10 Å². The molecule has 4 aromatic rings. The molecule has 0 saturated carbocycles. The third kappa shape index (κ3) is 5.40. The van der Waals surface area contributed by atoms with Crippen molar-refractivity contribution in [3.8, 4) is 0 Å². The van der Waals surface area contributed by atoms with Gasteiger partial charge in [0.05, 0.1) is 11.2 Å². The third-order valence-corrected chi connectivity index (χ3v) is 5.64. The molecule has 2 aromatic heterocycles. The number of hydrogen-bond donors (Lipinski definition) is 1. The number of carbonyl (C=O) groups is 2. The third-order valence-electron chi connectivity index (χ3n) is 5.64. The molecule has 0 saturated heterocycles. The van der Waals surface area contributed by atoms with Crippen molar-refractivity contribution in [2.75, 3.05) is 11.4 Å². The van der Waals surface area contributed by atoms with Crippen LogP contribution in [0.2, 0.25) is 0 Å². The van der Waals surface area contributed by atoms with Crippen molar-refractivity contribution in [3.63, 3.8) is 0 Å². The minimum absolute atomic E-state index is 0.0278. The van der Waals surface area contributed by atoms with Gasteiger partial charge in [0.1, 0.15) is 29.4 Å². The summed E-state index contributed by atoms with van der Waals surface area (Å²) in [4.78, 5) is 28.4. The van der Waals surface area contributed by atoms with Crippen LogP contribution in [0, 0.1) is 18.7 Å². The summed E-state index contributed by atoms with van der Waals surface area (Å²) in [7, 11) is 0. The number of rotatable bonds is 9. The minimum Gasteiger partial charge on any atom is -0.464 e. The highest BCUT2D eigenvalue weighted by Gasteiger charge is 2.36. The SMILES string of the molecule is Cc1ccc(C(C(=O)NCCC(C)C)N(C(=O)Cn2nnc3ccccc32)c2ccccc2F)o1. The number of amides is 2. The quantitative estimate of drug-likeness (QED) is 0.386. The molecule has 2 aromatic carbocycles. The van der Waals surface area contributed by atoms with Crippen LogP contribution in [0.3, 0.4) is 0 Å². The van der Waals surface area contributed by atoms with Crippen LogP contribution in [0.4, 0.5) is 10.1 Å². The summed E-state index contributed by atoms with van der Waals surface area (Å²) in [6.07, 6.45) is 0.758. The van der Waals surface area contributed by atoms with Gasteiger partial charge >= 0.3 is 0 Å². The van der Waals surface area contributed by atoms with Crippen LogP contribution < -0.4 is 10.2 Å². The molecular weight excluding hydrogens is 449 g/mol. The molecule has 8 nitrogen and oxygen atoms in total. The lowest BCUT2D eigenvalue weighted by Crippen LogP contribution is -2.45. The van der Waals surface area contributed by atoms with Crippen LogP contribution in [0.1, 0.15) is 37.8 Å². The fraction of sp³-hybridized carbons (Fsp3) is 0.308. The summed E-state index contributed by atoms with van der Waals surface area (Å²) in [6.45, 7) is 6.02. The minimum atomic E-state index is -1.21. The van der Waals surface area contributed by atoms with Gasteiger partial charge in [0.2, 0.25) is 5.91 Å². The highest BCUT2D eigenvalue weighted by molar-refractivity contribution is 6.01. The average Bonchev–Trinajstić information content (AvgIpc) is 3.44. The van der Waals surface area contributed by atoms with Gasteiger partial charge < -0.3 is 9.73 Å². The molecule has 0 aliphatic heterocycles. The van der Waals surface area contributed by atoms with E-state index in [-0.39, 0.29) is 18.0 Å². The van der Waals surface area contributed by atoms with E-state index in [9.17, 15) is 9.59 Å². The second-order valence-electron chi connectivity index (χ2n) is 8.78. The first-order valence-electron chi connectivity index (χ1n) is 11.5. The smallest absolute Gasteiger partial charge is 0.251 e. The van der Waals surface area contributed by atoms with E-state index in [1.165, 1.54) is 22.9 Å². The maximum atomic E-state index is 15.0. The summed E-state index contributed by atoms with van der Waals surface area (Å²) >= 11 is 0. The van der Waals surface area contributed by atoms with Gasteiger partial charge in [-0.2, -0.15) is 0 Å². The maximum Gasteiger partial charge on any atom is 0.251 e. The number of furan rings is 1. The molecule has 182 valence electrons. The maximum absolute atomic E-state index is 15.0. The van der Waals surface area contributed by atoms with Crippen LogP contribution in [0.25, 0.3) is 11.0 Å². The second kappa shape index (κ2) is 10.5. The number of nitrogens with one attached hydrogen (secondary N) is 1.